The van der Waals surface area contributed by atoms with Gasteiger partial charge in [-0.05, 0) is 36.5 Å². The zero-order valence-electron chi connectivity index (χ0n) is 12.9. The SMILES string of the molecule is CNC(=S)NNC(=O)c1cc(-c2ccncc2)nc2ccccc12. The fraction of sp³-hybridized carbons (Fsp3) is 0.0588. The fourth-order valence-electron chi connectivity index (χ4n) is 2.28. The second-order valence-electron chi connectivity index (χ2n) is 4.97. The number of nitrogens with one attached hydrogen (secondary N) is 3. The summed E-state index contributed by atoms with van der Waals surface area (Å²) in [5.41, 5.74) is 8.09. The Morgan fingerprint density at radius 1 is 1.08 bits per heavy atom. The molecule has 1 aromatic carbocycles. The minimum Gasteiger partial charge on any atom is -0.364 e. The number of rotatable bonds is 2. The number of amides is 1. The van der Waals surface area contributed by atoms with Gasteiger partial charge in [-0.25, -0.2) is 4.98 Å². The average molecular weight is 337 g/mol. The van der Waals surface area contributed by atoms with Crippen molar-refractivity contribution in [3.63, 3.8) is 0 Å². The zero-order chi connectivity index (χ0) is 16.9. The van der Waals surface area contributed by atoms with Crippen LogP contribution in [-0.4, -0.2) is 28.0 Å². The summed E-state index contributed by atoms with van der Waals surface area (Å²) < 4.78 is 0. The third-order valence-corrected chi connectivity index (χ3v) is 3.76. The van der Waals surface area contributed by atoms with Crippen LogP contribution in [0.15, 0.2) is 54.9 Å². The molecule has 1 amide bonds. The van der Waals surface area contributed by atoms with Gasteiger partial charge < -0.3 is 5.32 Å². The first-order valence-corrected chi connectivity index (χ1v) is 7.68. The molecule has 24 heavy (non-hydrogen) atoms. The highest BCUT2D eigenvalue weighted by Crippen LogP contribution is 2.24. The van der Waals surface area contributed by atoms with E-state index in [0.717, 1.165) is 16.5 Å². The largest absolute Gasteiger partial charge is 0.364 e. The van der Waals surface area contributed by atoms with Gasteiger partial charge in [-0.3, -0.25) is 20.6 Å². The van der Waals surface area contributed by atoms with Crippen LogP contribution in [0, 0.1) is 0 Å². The van der Waals surface area contributed by atoms with Crippen molar-refractivity contribution >= 4 is 34.1 Å². The van der Waals surface area contributed by atoms with Gasteiger partial charge in [0, 0.05) is 30.4 Å². The van der Waals surface area contributed by atoms with Gasteiger partial charge in [0.05, 0.1) is 16.8 Å². The predicted molar refractivity (Wildman–Crippen MR) is 97.2 cm³/mol. The summed E-state index contributed by atoms with van der Waals surface area (Å²) in [6.07, 6.45) is 3.39. The average Bonchev–Trinajstić information content (AvgIpc) is 2.65. The molecule has 0 spiro atoms. The highest BCUT2D eigenvalue weighted by atomic mass is 32.1. The van der Waals surface area contributed by atoms with Gasteiger partial charge in [-0.2, -0.15) is 0 Å². The molecule has 0 radical (unpaired) electrons. The highest BCUT2D eigenvalue weighted by molar-refractivity contribution is 7.80. The maximum Gasteiger partial charge on any atom is 0.270 e. The van der Waals surface area contributed by atoms with E-state index in [9.17, 15) is 4.79 Å². The number of carbonyl (C=O) groups excluding carboxylic acids is 1. The lowest BCUT2D eigenvalue weighted by Crippen LogP contribution is -2.45. The maximum absolute atomic E-state index is 12.6. The van der Waals surface area contributed by atoms with E-state index in [1.165, 1.54) is 0 Å². The van der Waals surface area contributed by atoms with Crippen molar-refractivity contribution in [3.8, 4) is 11.3 Å². The maximum atomic E-state index is 12.6. The Morgan fingerprint density at radius 2 is 1.83 bits per heavy atom. The van der Waals surface area contributed by atoms with Crippen LogP contribution < -0.4 is 16.2 Å². The summed E-state index contributed by atoms with van der Waals surface area (Å²) in [4.78, 5) is 21.2. The van der Waals surface area contributed by atoms with Crippen molar-refractivity contribution in [1.29, 1.82) is 0 Å². The molecule has 0 aliphatic rings. The van der Waals surface area contributed by atoms with E-state index in [1.807, 2.05) is 36.4 Å². The van der Waals surface area contributed by atoms with Gasteiger partial charge in [0.1, 0.15) is 0 Å². The van der Waals surface area contributed by atoms with E-state index in [-0.39, 0.29) is 5.91 Å². The Labute approximate surface area is 144 Å². The molecule has 3 rings (SSSR count). The van der Waals surface area contributed by atoms with Crippen molar-refractivity contribution in [2.24, 2.45) is 0 Å². The van der Waals surface area contributed by atoms with E-state index < -0.39 is 0 Å². The normalized spacial score (nSPS) is 10.2. The third-order valence-electron chi connectivity index (χ3n) is 3.45. The van der Waals surface area contributed by atoms with Crippen LogP contribution in [0.1, 0.15) is 10.4 Å². The molecule has 120 valence electrons. The van der Waals surface area contributed by atoms with Gasteiger partial charge in [-0.15, -0.1) is 0 Å². The van der Waals surface area contributed by atoms with Crippen LogP contribution in [0.4, 0.5) is 0 Å². The molecular formula is C17H15N5OS. The number of hydrogen-bond donors (Lipinski definition) is 3. The predicted octanol–water partition coefficient (Wildman–Crippen LogP) is 2.04. The number of nitrogens with zero attached hydrogens (tertiary/aromatic N) is 2. The molecule has 0 atom stereocenters. The molecule has 0 saturated heterocycles. The second-order valence-corrected chi connectivity index (χ2v) is 5.37. The van der Waals surface area contributed by atoms with E-state index in [0.29, 0.717) is 16.4 Å². The Balaban J connectivity index is 2.05. The first-order chi connectivity index (χ1) is 11.7. The van der Waals surface area contributed by atoms with Gasteiger partial charge in [0.25, 0.3) is 5.91 Å². The van der Waals surface area contributed by atoms with Gasteiger partial charge in [0.2, 0.25) is 0 Å². The first kappa shape index (κ1) is 15.8. The van der Waals surface area contributed by atoms with Crippen molar-refractivity contribution in [1.82, 2.24) is 26.1 Å². The Kier molecular flexibility index (Phi) is 4.62. The summed E-state index contributed by atoms with van der Waals surface area (Å²) in [6, 6.07) is 13.0. The number of thiocarbonyl (C=S) groups is 1. The second kappa shape index (κ2) is 7.01. The van der Waals surface area contributed by atoms with Crippen LogP contribution in [0.5, 0.6) is 0 Å². The molecule has 6 nitrogen and oxygen atoms in total. The minimum absolute atomic E-state index is 0.290. The lowest BCUT2D eigenvalue weighted by molar-refractivity contribution is 0.0945. The standard InChI is InChI=1S/C17H15N5OS/c1-18-17(24)22-21-16(23)13-10-15(11-6-8-19-9-7-11)20-14-5-3-2-4-12(13)14/h2-10H,1H3,(H,21,23)(H2,18,22,24). The Hall–Kier alpha value is -3.06. The van der Waals surface area contributed by atoms with Crippen LogP contribution in [0.3, 0.4) is 0 Å². The minimum atomic E-state index is -0.290. The van der Waals surface area contributed by atoms with Gasteiger partial charge in [-0.1, -0.05) is 18.2 Å². The molecule has 2 heterocycles. The molecule has 0 bridgehead atoms. The number of hydrazine groups is 1. The number of aromatic nitrogens is 2. The lowest BCUT2D eigenvalue weighted by Gasteiger charge is -2.12. The molecule has 0 aliphatic heterocycles. The third kappa shape index (κ3) is 3.31. The van der Waals surface area contributed by atoms with Crippen LogP contribution in [0.2, 0.25) is 0 Å². The lowest BCUT2D eigenvalue weighted by atomic mass is 10.0. The Morgan fingerprint density at radius 3 is 2.58 bits per heavy atom. The van der Waals surface area contributed by atoms with Crippen LogP contribution >= 0.6 is 12.2 Å². The molecule has 2 aromatic heterocycles. The number of carbonyl (C=O) groups is 1. The van der Waals surface area contributed by atoms with Gasteiger partial charge >= 0.3 is 0 Å². The topological polar surface area (TPSA) is 78.9 Å². The summed E-state index contributed by atoms with van der Waals surface area (Å²) in [5, 5.41) is 3.83. The van der Waals surface area contributed by atoms with E-state index in [1.54, 1.807) is 25.5 Å². The summed E-state index contributed by atoms with van der Waals surface area (Å²) in [5.74, 6) is -0.290. The Bertz CT molecular complexity index is 898. The van der Waals surface area contributed by atoms with Gasteiger partial charge in [0.15, 0.2) is 5.11 Å². The van der Waals surface area contributed by atoms with Crippen molar-refractivity contribution < 1.29 is 4.79 Å². The number of pyridine rings is 2. The van der Waals surface area contributed by atoms with Crippen molar-refractivity contribution in [3.05, 3.63) is 60.4 Å². The van der Waals surface area contributed by atoms with E-state index in [4.69, 9.17) is 12.2 Å². The zero-order valence-corrected chi connectivity index (χ0v) is 13.7. The number of benzene rings is 1. The molecule has 0 fully saturated rings. The molecule has 3 aromatic rings. The monoisotopic (exact) mass is 337 g/mol. The summed E-state index contributed by atoms with van der Waals surface area (Å²) >= 11 is 4.97. The highest BCUT2D eigenvalue weighted by Gasteiger charge is 2.13. The molecule has 0 unspecified atom stereocenters. The molecule has 0 aliphatic carbocycles. The quantitative estimate of drug-likeness (QED) is 0.491. The fourth-order valence-corrected chi connectivity index (χ4v) is 2.33. The molecular weight excluding hydrogens is 322 g/mol. The molecule has 0 saturated carbocycles. The first-order valence-electron chi connectivity index (χ1n) is 7.27. The number of hydrogen-bond acceptors (Lipinski definition) is 4. The summed E-state index contributed by atoms with van der Waals surface area (Å²) in [7, 11) is 1.67. The molecule has 3 N–H and O–H groups in total. The van der Waals surface area contributed by atoms with Crippen LogP contribution in [0.25, 0.3) is 22.2 Å². The van der Waals surface area contributed by atoms with E-state index in [2.05, 4.69) is 26.1 Å². The van der Waals surface area contributed by atoms with Crippen LogP contribution in [-0.2, 0) is 0 Å². The van der Waals surface area contributed by atoms with Crippen molar-refractivity contribution in [2.45, 2.75) is 0 Å². The molecule has 7 heteroatoms. The number of para-hydroxylation sites is 1. The smallest absolute Gasteiger partial charge is 0.270 e. The van der Waals surface area contributed by atoms with Crippen molar-refractivity contribution in [2.75, 3.05) is 7.05 Å². The van der Waals surface area contributed by atoms with E-state index >= 15 is 0 Å². The summed E-state index contributed by atoms with van der Waals surface area (Å²) in [6.45, 7) is 0. The number of fused-ring (bicyclic) bond motifs is 1.